The number of carboxylic acid groups (broad SMARTS) is 1. The molecule has 1 aliphatic rings. The van der Waals surface area contributed by atoms with Gasteiger partial charge in [-0.05, 0) is 12.1 Å². The van der Waals surface area contributed by atoms with Gasteiger partial charge < -0.3 is 20.1 Å². The lowest BCUT2D eigenvalue weighted by atomic mass is 10.2. The third kappa shape index (κ3) is 3.55. The number of hydrogen-bond donors (Lipinski definition) is 2. The minimum atomic E-state index is -1.18. The van der Waals surface area contributed by atoms with Crippen molar-refractivity contribution in [1.29, 1.82) is 0 Å². The number of nitrogens with one attached hydrogen (secondary N) is 1. The molecule has 1 atom stereocenters. The molecule has 0 aliphatic carbocycles. The first-order valence-corrected chi connectivity index (χ1v) is 6.68. The first kappa shape index (κ1) is 15.8. The highest BCUT2D eigenvalue weighted by molar-refractivity contribution is 6.39. The number of nitrogens with zero attached hydrogens (tertiary/aromatic N) is 1. The Balaban J connectivity index is 2.19. The van der Waals surface area contributed by atoms with Crippen LogP contribution in [0.25, 0.3) is 0 Å². The molecule has 1 aromatic rings. The van der Waals surface area contributed by atoms with Gasteiger partial charge in [0.1, 0.15) is 5.82 Å². The molecule has 1 fully saturated rings. The zero-order valence-corrected chi connectivity index (χ0v) is 12.1. The second kappa shape index (κ2) is 6.46. The number of morpholine rings is 1. The van der Waals surface area contributed by atoms with Gasteiger partial charge in [-0.15, -0.1) is 0 Å². The van der Waals surface area contributed by atoms with Crippen LogP contribution < -0.4 is 5.32 Å². The van der Waals surface area contributed by atoms with E-state index in [0.717, 1.165) is 17.0 Å². The Morgan fingerprint density at radius 2 is 2.00 bits per heavy atom. The molecule has 1 aliphatic heterocycles. The van der Waals surface area contributed by atoms with E-state index in [1.165, 1.54) is 0 Å². The summed E-state index contributed by atoms with van der Waals surface area (Å²) in [4.78, 5) is 24.4. The minimum Gasteiger partial charge on any atom is -0.480 e. The van der Waals surface area contributed by atoms with Crippen molar-refractivity contribution in [3.8, 4) is 0 Å². The molecule has 2 amide bonds. The van der Waals surface area contributed by atoms with Crippen LogP contribution in [0.2, 0.25) is 10.0 Å². The van der Waals surface area contributed by atoms with Gasteiger partial charge in [0.05, 0.1) is 28.9 Å². The van der Waals surface area contributed by atoms with Gasteiger partial charge in [0.2, 0.25) is 0 Å². The quantitative estimate of drug-likeness (QED) is 0.869. The summed E-state index contributed by atoms with van der Waals surface area (Å²) in [5.74, 6) is -1.82. The Morgan fingerprint density at radius 1 is 1.38 bits per heavy atom. The van der Waals surface area contributed by atoms with Crippen LogP contribution in [0.4, 0.5) is 14.9 Å². The summed E-state index contributed by atoms with van der Waals surface area (Å²) in [6.45, 7) is 0.231. The average Bonchev–Trinajstić information content (AvgIpc) is 2.42. The molecule has 1 heterocycles. The van der Waals surface area contributed by atoms with Crippen molar-refractivity contribution in [3.05, 3.63) is 28.0 Å². The molecule has 21 heavy (non-hydrogen) atoms. The second-order valence-corrected chi connectivity index (χ2v) is 5.11. The van der Waals surface area contributed by atoms with Crippen LogP contribution in [0.3, 0.4) is 0 Å². The molecule has 2 N–H and O–H groups in total. The standard InChI is InChI=1S/C12H11Cl2FN2O4/c13-7-3-6(15)4-8(14)10(7)16-12(20)17-1-2-21-5-9(17)11(18)19/h3-4,9H,1-2,5H2,(H,16,20)(H,18,19). The van der Waals surface area contributed by atoms with E-state index in [4.69, 9.17) is 33.0 Å². The van der Waals surface area contributed by atoms with Crippen molar-refractivity contribution in [2.45, 2.75) is 6.04 Å². The van der Waals surface area contributed by atoms with Gasteiger partial charge in [-0.1, -0.05) is 23.2 Å². The summed E-state index contributed by atoms with van der Waals surface area (Å²) >= 11 is 11.6. The Bertz CT molecular complexity index is 561. The van der Waals surface area contributed by atoms with E-state index >= 15 is 0 Å². The van der Waals surface area contributed by atoms with Crippen LogP contribution in [0.5, 0.6) is 0 Å². The van der Waals surface area contributed by atoms with Crippen LogP contribution >= 0.6 is 23.2 Å². The number of ether oxygens (including phenoxy) is 1. The van der Waals surface area contributed by atoms with E-state index in [0.29, 0.717) is 0 Å². The Morgan fingerprint density at radius 3 is 2.57 bits per heavy atom. The molecule has 6 nitrogen and oxygen atoms in total. The zero-order chi connectivity index (χ0) is 15.6. The fourth-order valence-corrected chi connectivity index (χ4v) is 2.45. The normalized spacial score (nSPS) is 18.4. The summed E-state index contributed by atoms with van der Waals surface area (Å²) in [5.41, 5.74) is 0.0281. The molecular weight excluding hydrogens is 326 g/mol. The Labute approximate surface area is 129 Å². The summed E-state index contributed by atoms with van der Waals surface area (Å²) < 4.78 is 18.1. The predicted octanol–water partition coefficient (Wildman–Crippen LogP) is 2.45. The molecule has 1 saturated heterocycles. The van der Waals surface area contributed by atoms with Gasteiger partial charge in [0.15, 0.2) is 6.04 Å². The van der Waals surface area contributed by atoms with Crippen molar-refractivity contribution in [3.63, 3.8) is 0 Å². The van der Waals surface area contributed by atoms with Crippen LogP contribution in [-0.4, -0.2) is 47.8 Å². The zero-order valence-electron chi connectivity index (χ0n) is 10.6. The van der Waals surface area contributed by atoms with E-state index in [2.05, 4.69) is 5.32 Å². The lowest BCUT2D eigenvalue weighted by Gasteiger charge is -2.32. The van der Waals surface area contributed by atoms with Crippen LogP contribution in [0.1, 0.15) is 0 Å². The number of anilines is 1. The summed E-state index contributed by atoms with van der Waals surface area (Å²) in [6, 6.07) is 0.200. The molecular formula is C12H11Cl2FN2O4. The number of halogens is 3. The van der Waals surface area contributed by atoms with Crippen molar-refractivity contribution in [2.24, 2.45) is 0 Å². The van der Waals surface area contributed by atoms with Gasteiger partial charge in [0.25, 0.3) is 0 Å². The molecule has 0 bridgehead atoms. The fourth-order valence-electron chi connectivity index (χ4n) is 1.89. The molecule has 9 heteroatoms. The van der Waals surface area contributed by atoms with Gasteiger partial charge in [0, 0.05) is 6.54 Å². The number of benzene rings is 1. The van der Waals surface area contributed by atoms with Crippen molar-refractivity contribution < 1.29 is 23.8 Å². The molecule has 0 aromatic heterocycles. The average molecular weight is 337 g/mol. The van der Waals surface area contributed by atoms with Crippen molar-refractivity contribution in [2.75, 3.05) is 25.1 Å². The Kier molecular flexibility index (Phi) is 4.87. The fraction of sp³-hybridized carbons (Fsp3) is 0.333. The maximum Gasteiger partial charge on any atom is 0.328 e. The van der Waals surface area contributed by atoms with Crippen molar-refractivity contribution >= 4 is 40.9 Å². The second-order valence-electron chi connectivity index (χ2n) is 4.30. The number of amides is 2. The number of carbonyl (C=O) groups is 2. The number of carboxylic acids is 1. The maximum absolute atomic E-state index is 13.1. The number of urea groups is 1. The summed E-state index contributed by atoms with van der Waals surface area (Å²) in [5, 5.41) is 11.3. The lowest BCUT2D eigenvalue weighted by molar-refractivity contribution is -0.147. The molecule has 0 spiro atoms. The molecule has 1 unspecified atom stereocenters. The molecule has 0 saturated carbocycles. The maximum atomic E-state index is 13.1. The minimum absolute atomic E-state index is 0.0281. The van der Waals surface area contributed by atoms with Crippen LogP contribution in [0, 0.1) is 5.82 Å². The topological polar surface area (TPSA) is 78.9 Å². The molecule has 2 rings (SSSR count). The third-order valence-electron chi connectivity index (χ3n) is 2.91. The van der Waals surface area contributed by atoms with E-state index in [1.807, 2.05) is 0 Å². The summed E-state index contributed by atoms with van der Waals surface area (Å²) in [6.07, 6.45) is 0. The van der Waals surface area contributed by atoms with Gasteiger partial charge >= 0.3 is 12.0 Å². The molecule has 0 radical (unpaired) electrons. The highest BCUT2D eigenvalue weighted by Crippen LogP contribution is 2.31. The highest BCUT2D eigenvalue weighted by atomic mass is 35.5. The number of aliphatic carboxylic acids is 1. The van der Waals surface area contributed by atoms with E-state index in [-0.39, 0.29) is 35.5 Å². The number of hydrogen-bond acceptors (Lipinski definition) is 3. The lowest BCUT2D eigenvalue weighted by Crippen LogP contribution is -2.54. The van der Waals surface area contributed by atoms with Crippen molar-refractivity contribution in [1.82, 2.24) is 4.90 Å². The Hall–Kier alpha value is -1.57. The van der Waals surface area contributed by atoms with Crippen LogP contribution in [-0.2, 0) is 9.53 Å². The predicted molar refractivity (Wildman–Crippen MR) is 74.4 cm³/mol. The smallest absolute Gasteiger partial charge is 0.328 e. The van der Waals surface area contributed by atoms with E-state index in [9.17, 15) is 14.0 Å². The molecule has 114 valence electrons. The largest absolute Gasteiger partial charge is 0.480 e. The van der Waals surface area contributed by atoms with E-state index < -0.39 is 23.9 Å². The van der Waals surface area contributed by atoms with Gasteiger partial charge in [-0.25, -0.2) is 14.0 Å². The van der Waals surface area contributed by atoms with Crippen LogP contribution in [0.15, 0.2) is 12.1 Å². The number of rotatable bonds is 2. The number of carbonyl (C=O) groups excluding carboxylic acids is 1. The first-order valence-electron chi connectivity index (χ1n) is 5.93. The monoisotopic (exact) mass is 336 g/mol. The van der Waals surface area contributed by atoms with Gasteiger partial charge in [-0.2, -0.15) is 0 Å². The SMILES string of the molecule is O=C(O)C1COCCN1C(=O)Nc1c(Cl)cc(F)cc1Cl. The summed E-state index contributed by atoms with van der Waals surface area (Å²) in [7, 11) is 0. The highest BCUT2D eigenvalue weighted by Gasteiger charge is 2.33. The van der Waals surface area contributed by atoms with Gasteiger partial charge in [-0.3, -0.25) is 0 Å². The van der Waals surface area contributed by atoms with E-state index in [1.54, 1.807) is 0 Å². The first-order chi connectivity index (χ1) is 9.90. The molecule has 1 aromatic carbocycles. The third-order valence-corrected chi connectivity index (χ3v) is 3.51.